The van der Waals surface area contributed by atoms with E-state index in [2.05, 4.69) is 30.6 Å². The molecular weight excluding hydrogens is 408 g/mol. The standard InChI is InChI=1S/C21H29F2N5OS/c1-3-24-20(26-13-16-12-15(2)6-7-18(16)29-19(22)23)25-9-8-17-14-30-21(27-17)28-10-4-5-11-28/h6-7,12,14,19H,3-5,8-11,13H2,1-2H3,(H2,24,25,26). The molecule has 2 aromatic rings. The number of hydrogen-bond donors (Lipinski definition) is 2. The predicted molar refractivity (Wildman–Crippen MR) is 118 cm³/mol. The number of hydrogen-bond acceptors (Lipinski definition) is 5. The van der Waals surface area contributed by atoms with Gasteiger partial charge in [0.1, 0.15) is 5.75 Å². The van der Waals surface area contributed by atoms with E-state index in [0.29, 0.717) is 24.6 Å². The molecule has 9 heteroatoms. The summed E-state index contributed by atoms with van der Waals surface area (Å²) >= 11 is 1.70. The van der Waals surface area contributed by atoms with E-state index in [4.69, 9.17) is 4.98 Å². The minimum absolute atomic E-state index is 0.159. The molecule has 0 aliphatic carbocycles. The Labute approximate surface area is 180 Å². The molecule has 0 bridgehead atoms. The summed E-state index contributed by atoms with van der Waals surface area (Å²) < 4.78 is 29.9. The lowest BCUT2D eigenvalue weighted by molar-refractivity contribution is -0.0504. The molecule has 0 spiro atoms. The minimum Gasteiger partial charge on any atom is -0.434 e. The second-order valence-corrected chi connectivity index (χ2v) is 8.01. The summed E-state index contributed by atoms with van der Waals surface area (Å²) in [6.07, 6.45) is 3.27. The van der Waals surface area contributed by atoms with Crippen LogP contribution in [0.1, 0.15) is 36.6 Å². The first kappa shape index (κ1) is 22.3. The third-order valence-electron chi connectivity index (χ3n) is 4.77. The van der Waals surface area contributed by atoms with Gasteiger partial charge in [-0.1, -0.05) is 17.7 Å². The molecule has 0 unspecified atom stereocenters. The van der Waals surface area contributed by atoms with Gasteiger partial charge in [0.15, 0.2) is 11.1 Å². The van der Waals surface area contributed by atoms with Crippen LogP contribution < -0.4 is 20.3 Å². The maximum atomic E-state index is 12.7. The van der Waals surface area contributed by atoms with Crippen LogP contribution in [0.5, 0.6) is 5.75 Å². The molecule has 0 radical (unpaired) electrons. The normalized spacial score (nSPS) is 14.4. The number of nitrogens with one attached hydrogen (secondary N) is 2. The summed E-state index contributed by atoms with van der Waals surface area (Å²) in [4.78, 5) is 11.6. The van der Waals surface area contributed by atoms with E-state index in [-0.39, 0.29) is 12.3 Å². The quantitative estimate of drug-likeness (QED) is 0.460. The van der Waals surface area contributed by atoms with Crippen molar-refractivity contribution >= 4 is 22.4 Å². The molecule has 1 aliphatic rings. The van der Waals surface area contributed by atoms with Crippen LogP contribution in [0.3, 0.4) is 0 Å². The number of guanidine groups is 1. The van der Waals surface area contributed by atoms with Gasteiger partial charge in [-0.15, -0.1) is 11.3 Å². The highest BCUT2D eigenvalue weighted by Gasteiger charge is 2.15. The molecule has 1 aliphatic heterocycles. The Hall–Kier alpha value is -2.42. The number of nitrogens with zero attached hydrogens (tertiary/aromatic N) is 3. The SMILES string of the molecule is CCNC(=NCc1cc(C)ccc1OC(F)F)NCCc1csc(N2CCCC2)n1. The van der Waals surface area contributed by atoms with Gasteiger partial charge in [-0.2, -0.15) is 8.78 Å². The number of halogens is 2. The number of aromatic nitrogens is 1. The maximum Gasteiger partial charge on any atom is 0.387 e. The van der Waals surface area contributed by atoms with Crippen LogP contribution in [0.4, 0.5) is 13.9 Å². The number of ether oxygens (including phenoxy) is 1. The Bertz CT molecular complexity index is 837. The molecule has 1 aromatic carbocycles. The van der Waals surface area contributed by atoms with Gasteiger partial charge in [0.05, 0.1) is 12.2 Å². The predicted octanol–water partition coefficient (Wildman–Crippen LogP) is 3.95. The van der Waals surface area contributed by atoms with E-state index in [1.54, 1.807) is 23.5 Å². The molecule has 0 amide bonds. The summed E-state index contributed by atoms with van der Waals surface area (Å²) in [5, 5.41) is 9.70. The number of thiazole rings is 1. The molecule has 30 heavy (non-hydrogen) atoms. The molecule has 1 fully saturated rings. The molecule has 1 saturated heterocycles. The van der Waals surface area contributed by atoms with E-state index in [1.807, 2.05) is 19.9 Å². The van der Waals surface area contributed by atoms with Crippen molar-refractivity contribution in [1.82, 2.24) is 15.6 Å². The lowest BCUT2D eigenvalue weighted by atomic mass is 10.1. The van der Waals surface area contributed by atoms with Crippen LogP contribution in [0, 0.1) is 6.92 Å². The van der Waals surface area contributed by atoms with Crippen molar-refractivity contribution in [2.24, 2.45) is 4.99 Å². The first-order chi connectivity index (χ1) is 14.5. The number of rotatable bonds is 9. The fraction of sp³-hybridized carbons (Fsp3) is 0.524. The summed E-state index contributed by atoms with van der Waals surface area (Å²) in [6, 6.07) is 5.13. The van der Waals surface area contributed by atoms with Crippen LogP contribution in [0.15, 0.2) is 28.6 Å². The highest BCUT2D eigenvalue weighted by atomic mass is 32.1. The largest absolute Gasteiger partial charge is 0.434 e. The molecule has 2 heterocycles. The van der Waals surface area contributed by atoms with Gasteiger partial charge in [0.2, 0.25) is 0 Å². The maximum absolute atomic E-state index is 12.7. The first-order valence-corrected chi connectivity index (χ1v) is 11.2. The highest BCUT2D eigenvalue weighted by molar-refractivity contribution is 7.13. The molecule has 6 nitrogen and oxygen atoms in total. The summed E-state index contributed by atoms with van der Waals surface area (Å²) in [5.41, 5.74) is 2.66. The number of aryl methyl sites for hydroxylation is 1. The zero-order valence-corrected chi connectivity index (χ0v) is 18.3. The smallest absolute Gasteiger partial charge is 0.387 e. The van der Waals surface area contributed by atoms with Gasteiger partial charge in [-0.3, -0.25) is 0 Å². The van der Waals surface area contributed by atoms with Crippen LogP contribution in [0.2, 0.25) is 0 Å². The summed E-state index contributed by atoms with van der Waals surface area (Å²) in [6.45, 7) is 4.86. The second-order valence-electron chi connectivity index (χ2n) is 7.18. The van der Waals surface area contributed by atoms with Crippen molar-refractivity contribution in [3.8, 4) is 5.75 Å². The molecular formula is C21H29F2N5OS. The molecule has 0 saturated carbocycles. The van der Waals surface area contributed by atoms with Gasteiger partial charge in [0.25, 0.3) is 0 Å². The van der Waals surface area contributed by atoms with Crippen molar-refractivity contribution < 1.29 is 13.5 Å². The van der Waals surface area contributed by atoms with Crippen molar-refractivity contribution in [3.05, 3.63) is 40.4 Å². The average Bonchev–Trinajstić information content (AvgIpc) is 3.39. The average molecular weight is 438 g/mol. The number of aliphatic imine (C=N–C) groups is 1. The van der Waals surface area contributed by atoms with Crippen LogP contribution >= 0.6 is 11.3 Å². The topological polar surface area (TPSA) is 61.8 Å². The van der Waals surface area contributed by atoms with E-state index in [0.717, 1.165) is 35.9 Å². The summed E-state index contributed by atoms with van der Waals surface area (Å²) in [5.74, 6) is 0.795. The number of benzene rings is 1. The van der Waals surface area contributed by atoms with Crippen LogP contribution in [-0.4, -0.2) is 43.7 Å². The van der Waals surface area contributed by atoms with E-state index in [1.165, 1.54) is 12.8 Å². The van der Waals surface area contributed by atoms with E-state index in [9.17, 15) is 8.78 Å². The van der Waals surface area contributed by atoms with Gasteiger partial charge in [-0.25, -0.2) is 9.98 Å². The first-order valence-electron chi connectivity index (χ1n) is 10.3. The summed E-state index contributed by atoms with van der Waals surface area (Å²) in [7, 11) is 0. The lowest BCUT2D eigenvalue weighted by Crippen LogP contribution is -2.38. The minimum atomic E-state index is -2.86. The number of anilines is 1. The van der Waals surface area contributed by atoms with Gasteiger partial charge >= 0.3 is 6.61 Å². The Morgan fingerprint density at radius 1 is 1.30 bits per heavy atom. The number of alkyl halides is 2. The Kier molecular flexibility index (Phi) is 8.24. The van der Waals surface area contributed by atoms with Crippen LogP contribution in [-0.2, 0) is 13.0 Å². The third-order valence-corrected chi connectivity index (χ3v) is 5.72. The molecule has 3 rings (SSSR count). The Balaban J connectivity index is 1.56. The van der Waals surface area contributed by atoms with E-state index >= 15 is 0 Å². The van der Waals surface area contributed by atoms with Crippen molar-refractivity contribution in [2.75, 3.05) is 31.1 Å². The molecule has 2 N–H and O–H groups in total. The van der Waals surface area contributed by atoms with Gasteiger partial charge < -0.3 is 20.3 Å². The van der Waals surface area contributed by atoms with Crippen molar-refractivity contribution in [1.29, 1.82) is 0 Å². The van der Waals surface area contributed by atoms with Crippen LogP contribution in [0.25, 0.3) is 0 Å². The second kappa shape index (κ2) is 11.1. The van der Waals surface area contributed by atoms with Gasteiger partial charge in [0, 0.05) is 43.5 Å². The van der Waals surface area contributed by atoms with E-state index < -0.39 is 6.61 Å². The molecule has 164 valence electrons. The molecule has 0 atom stereocenters. The van der Waals surface area contributed by atoms with Crippen molar-refractivity contribution in [2.45, 2.75) is 46.3 Å². The van der Waals surface area contributed by atoms with Crippen molar-refractivity contribution in [3.63, 3.8) is 0 Å². The zero-order chi connectivity index (χ0) is 21.3. The highest BCUT2D eigenvalue weighted by Crippen LogP contribution is 2.25. The molecule has 1 aromatic heterocycles. The lowest BCUT2D eigenvalue weighted by Gasteiger charge is -2.13. The van der Waals surface area contributed by atoms with Gasteiger partial charge in [-0.05, 0) is 32.8 Å². The fourth-order valence-electron chi connectivity index (χ4n) is 3.32. The zero-order valence-electron chi connectivity index (χ0n) is 17.5. The third kappa shape index (κ3) is 6.55. The fourth-order valence-corrected chi connectivity index (χ4v) is 4.24. The Morgan fingerprint density at radius 3 is 2.83 bits per heavy atom. The Morgan fingerprint density at radius 2 is 2.10 bits per heavy atom. The monoisotopic (exact) mass is 437 g/mol.